The molecule has 9 heteroatoms. The summed E-state index contributed by atoms with van der Waals surface area (Å²) < 4.78 is 42.7. The van der Waals surface area contributed by atoms with Gasteiger partial charge in [0.1, 0.15) is 17.1 Å². The van der Waals surface area contributed by atoms with Crippen LogP contribution in [0.1, 0.15) is 36.1 Å². The predicted octanol–water partition coefficient (Wildman–Crippen LogP) is 5.48. The van der Waals surface area contributed by atoms with Crippen molar-refractivity contribution in [3.63, 3.8) is 0 Å². The fraction of sp³-hybridized carbons (Fsp3) is 0.308. The summed E-state index contributed by atoms with van der Waals surface area (Å²) in [6, 6.07) is 15.4. The van der Waals surface area contributed by atoms with Gasteiger partial charge in [0.25, 0.3) is 5.56 Å². The number of hydrogen-bond acceptors (Lipinski definition) is 4. The average molecular weight is 483 g/mol. The van der Waals surface area contributed by atoms with Gasteiger partial charge in [-0.1, -0.05) is 42.5 Å². The number of anilines is 1. The minimum Gasteiger partial charge on any atom is -0.406 e. The van der Waals surface area contributed by atoms with Crippen LogP contribution < -0.4 is 15.2 Å². The van der Waals surface area contributed by atoms with Crippen LogP contribution in [-0.4, -0.2) is 34.0 Å². The second kappa shape index (κ2) is 9.13. The normalized spacial score (nSPS) is 14.5. The molecule has 1 aliphatic rings. The van der Waals surface area contributed by atoms with E-state index < -0.39 is 6.36 Å². The number of aromatic amines is 1. The number of nitrogens with zero attached hydrogens (tertiary/aromatic N) is 3. The number of piperidine rings is 1. The Kier molecular flexibility index (Phi) is 6.00. The maximum Gasteiger partial charge on any atom is 0.573 e. The van der Waals surface area contributed by atoms with Gasteiger partial charge in [-0.05, 0) is 43.9 Å². The Hall–Kier alpha value is -3.75. The van der Waals surface area contributed by atoms with Crippen molar-refractivity contribution >= 4 is 11.3 Å². The molecule has 0 radical (unpaired) electrons. The number of alkyl halides is 3. The van der Waals surface area contributed by atoms with Crippen molar-refractivity contribution in [1.82, 2.24) is 14.6 Å². The summed E-state index contributed by atoms with van der Waals surface area (Å²) in [5.74, 6) is -0.298. The molecule has 1 N–H and O–H groups in total. The molecule has 0 atom stereocenters. The number of aromatic nitrogens is 3. The van der Waals surface area contributed by atoms with Crippen molar-refractivity contribution in [1.29, 1.82) is 0 Å². The monoisotopic (exact) mass is 482 g/mol. The van der Waals surface area contributed by atoms with Crippen LogP contribution in [-0.2, 0) is 6.42 Å². The number of fused-ring (bicyclic) bond motifs is 1. The third-order valence-electron chi connectivity index (χ3n) is 6.33. The highest BCUT2D eigenvalue weighted by Crippen LogP contribution is 2.35. The van der Waals surface area contributed by atoms with Gasteiger partial charge in [0.15, 0.2) is 5.65 Å². The predicted molar refractivity (Wildman–Crippen MR) is 128 cm³/mol. The van der Waals surface area contributed by atoms with Crippen molar-refractivity contribution in [2.45, 2.75) is 39.0 Å². The molecule has 35 heavy (non-hydrogen) atoms. The molecule has 4 aromatic rings. The molecular formula is C26H25F3N4O2. The topological polar surface area (TPSA) is 62.6 Å². The minimum absolute atomic E-state index is 0.243. The molecule has 1 aliphatic heterocycles. The highest BCUT2D eigenvalue weighted by Gasteiger charge is 2.31. The SMILES string of the molecule is Cc1[nH]c2c(N3CCCCC3)c(-c3ccccc3)nn2c(=O)c1Cc1ccc(OC(F)(F)F)cc1. The molecule has 0 bridgehead atoms. The van der Waals surface area contributed by atoms with Crippen LogP contribution in [0.2, 0.25) is 0 Å². The van der Waals surface area contributed by atoms with Gasteiger partial charge in [0.2, 0.25) is 0 Å². The summed E-state index contributed by atoms with van der Waals surface area (Å²) in [7, 11) is 0. The first-order valence-corrected chi connectivity index (χ1v) is 11.6. The Morgan fingerprint density at radius 3 is 2.34 bits per heavy atom. The zero-order chi connectivity index (χ0) is 24.6. The van der Waals surface area contributed by atoms with Crippen LogP contribution >= 0.6 is 0 Å². The molecule has 0 amide bonds. The Bertz CT molecular complexity index is 1390. The van der Waals surface area contributed by atoms with E-state index in [2.05, 4.69) is 14.6 Å². The highest BCUT2D eigenvalue weighted by molar-refractivity contribution is 5.86. The standard InChI is InChI=1S/C26H25F3N4O2/c1-17-21(16-18-10-12-20(13-11-18)35-26(27,28)29)25(34)33-24(30-17)23(32-14-6-3-7-15-32)22(31-33)19-8-4-2-5-9-19/h2,4-5,8-13,30H,3,6-7,14-16H2,1H3. The second-order valence-electron chi connectivity index (χ2n) is 8.77. The van der Waals surface area contributed by atoms with Crippen molar-refractivity contribution in [2.24, 2.45) is 0 Å². The van der Waals surface area contributed by atoms with Gasteiger partial charge in [-0.25, -0.2) is 0 Å². The molecular weight excluding hydrogens is 457 g/mol. The largest absolute Gasteiger partial charge is 0.573 e. The van der Waals surface area contributed by atoms with Gasteiger partial charge >= 0.3 is 6.36 Å². The summed E-state index contributed by atoms with van der Waals surface area (Å²) in [6.45, 7) is 3.64. The molecule has 1 saturated heterocycles. The lowest BCUT2D eigenvalue weighted by atomic mass is 10.0. The fourth-order valence-corrected chi connectivity index (χ4v) is 4.64. The summed E-state index contributed by atoms with van der Waals surface area (Å²) in [4.78, 5) is 19.3. The number of ether oxygens (including phenoxy) is 1. The molecule has 0 saturated carbocycles. The molecule has 0 unspecified atom stereocenters. The lowest BCUT2D eigenvalue weighted by Gasteiger charge is -2.28. The minimum atomic E-state index is -4.75. The van der Waals surface area contributed by atoms with E-state index >= 15 is 0 Å². The number of hydrogen-bond donors (Lipinski definition) is 1. The van der Waals surface area contributed by atoms with Gasteiger partial charge in [0.05, 0.1) is 0 Å². The van der Waals surface area contributed by atoms with E-state index in [1.54, 1.807) is 0 Å². The number of benzene rings is 2. The number of halogens is 3. The van der Waals surface area contributed by atoms with Gasteiger partial charge in [-0.2, -0.15) is 9.61 Å². The van der Waals surface area contributed by atoms with Gasteiger partial charge in [-0.15, -0.1) is 13.2 Å². The second-order valence-corrected chi connectivity index (χ2v) is 8.77. The molecule has 182 valence electrons. The Labute approximate surface area is 200 Å². The summed E-state index contributed by atoms with van der Waals surface area (Å²) in [5.41, 5.74) is 4.94. The maximum atomic E-state index is 13.6. The fourth-order valence-electron chi connectivity index (χ4n) is 4.64. The summed E-state index contributed by atoms with van der Waals surface area (Å²) in [5, 5.41) is 4.74. The summed E-state index contributed by atoms with van der Waals surface area (Å²) in [6.07, 6.45) is -1.14. The maximum absolute atomic E-state index is 13.6. The van der Waals surface area contributed by atoms with Crippen LogP contribution in [0.3, 0.4) is 0 Å². The summed E-state index contributed by atoms with van der Waals surface area (Å²) >= 11 is 0. The number of aryl methyl sites for hydroxylation is 1. The third-order valence-corrected chi connectivity index (χ3v) is 6.33. The number of H-pyrrole nitrogens is 1. The highest BCUT2D eigenvalue weighted by atomic mass is 19.4. The molecule has 5 rings (SSSR count). The van der Waals surface area contributed by atoms with E-state index in [4.69, 9.17) is 5.10 Å². The van der Waals surface area contributed by atoms with Crippen LogP contribution in [0.15, 0.2) is 59.4 Å². The van der Waals surface area contributed by atoms with Gasteiger partial charge < -0.3 is 14.6 Å². The van der Waals surface area contributed by atoms with Gasteiger partial charge in [-0.3, -0.25) is 4.79 Å². The first-order chi connectivity index (χ1) is 16.8. The molecule has 6 nitrogen and oxygen atoms in total. The molecule has 0 spiro atoms. The van der Waals surface area contributed by atoms with Crippen LogP contribution in [0.25, 0.3) is 16.9 Å². The van der Waals surface area contributed by atoms with Crippen molar-refractivity contribution in [3.8, 4) is 17.0 Å². The zero-order valence-corrected chi connectivity index (χ0v) is 19.2. The van der Waals surface area contributed by atoms with Crippen molar-refractivity contribution < 1.29 is 17.9 Å². The number of nitrogens with one attached hydrogen (secondary N) is 1. The van der Waals surface area contributed by atoms with E-state index in [1.807, 2.05) is 37.3 Å². The number of rotatable bonds is 5. The van der Waals surface area contributed by atoms with E-state index in [0.717, 1.165) is 42.9 Å². The Morgan fingerprint density at radius 2 is 1.69 bits per heavy atom. The van der Waals surface area contributed by atoms with Crippen LogP contribution in [0.4, 0.5) is 18.9 Å². The van der Waals surface area contributed by atoms with E-state index in [9.17, 15) is 18.0 Å². The Morgan fingerprint density at radius 1 is 1.00 bits per heavy atom. The van der Waals surface area contributed by atoms with E-state index in [-0.39, 0.29) is 17.7 Å². The van der Waals surface area contributed by atoms with Crippen LogP contribution in [0.5, 0.6) is 5.75 Å². The third kappa shape index (κ3) is 4.76. The van der Waals surface area contributed by atoms with E-state index in [1.165, 1.54) is 35.2 Å². The molecule has 2 aromatic heterocycles. The lowest BCUT2D eigenvalue weighted by molar-refractivity contribution is -0.274. The zero-order valence-electron chi connectivity index (χ0n) is 19.2. The molecule has 1 fully saturated rings. The lowest BCUT2D eigenvalue weighted by Crippen LogP contribution is -2.30. The average Bonchev–Trinajstić information content (AvgIpc) is 3.22. The van der Waals surface area contributed by atoms with Gasteiger partial charge in [0, 0.05) is 36.3 Å². The first kappa shape index (κ1) is 23.0. The van der Waals surface area contributed by atoms with E-state index in [0.29, 0.717) is 22.5 Å². The van der Waals surface area contributed by atoms with Crippen molar-refractivity contribution in [2.75, 3.05) is 18.0 Å². The van der Waals surface area contributed by atoms with Crippen molar-refractivity contribution in [3.05, 3.63) is 81.8 Å². The van der Waals surface area contributed by atoms with Crippen LogP contribution in [0, 0.1) is 6.92 Å². The Balaban J connectivity index is 1.57. The quantitative estimate of drug-likeness (QED) is 0.409. The molecule has 2 aromatic carbocycles. The smallest absolute Gasteiger partial charge is 0.406 e. The first-order valence-electron chi connectivity index (χ1n) is 11.6. The molecule has 3 heterocycles. The molecule has 0 aliphatic carbocycles.